The van der Waals surface area contributed by atoms with Gasteiger partial charge in [-0.25, -0.2) is 9.37 Å². The molecule has 0 radical (unpaired) electrons. The molecule has 1 heterocycles. The van der Waals surface area contributed by atoms with E-state index >= 15 is 0 Å². The van der Waals surface area contributed by atoms with Crippen molar-refractivity contribution in [1.29, 1.82) is 0 Å². The fraction of sp³-hybridized carbons (Fsp3) is 0.357. The van der Waals surface area contributed by atoms with Crippen LogP contribution in [0.15, 0.2) is 28.8 Å². The Balaban J connectivity index is 2.16. The van der Waals surface area contributed by atoms with Crippen molar-refractivity contribution in [3.63, 3.8) is 0 Å². The van der Waals surface area contributed by atoms with Gasteiger partial charge in [-0.3, -0.25) is 0 Å². The number of aryl methyl sites for hydroxylation is 2. The first-order valence-electron chi connectivity index (χ1n) is 6.06. The van der Waals surface area contributed by atoms with Crippen molar-refractivity contribution in [2.45, 2.75) is 19.8 Å². The molecule has 0 atom stereocenters. The lowest BCUT2D eigenvalue weighted by Crippen LogP contribution is -2.08. The average Bonchev–Trinajstić information content (AvgIpc) is 2.81. The minimum Gasteiger partial charge on any atom is -0.441 e. The number of rotatable bonds is 5. The second kappa shape index (κ2) is 5.78. The van der Waals surface area contributed by atoms with E-state index in [4.69, 9.17) is 4.42 Å². The van der Waals surface area contributed by atoms with E-state index in [9.17, 15) is 4.39 Å². The van der Waals surface area contributed by atoms with Gasteiger partial charge in [0.1, 0.15) is 5.82 Å². The molecule has 0 bridgehead atoms. The summed E-state index contributed by atoms with van der Waals surface area (Å²) in [6, 6.07) is 4.96. The number of halogens is 1. The summed E-state index contributed by atoms with van der Waals surface area (Å²) >= 11 is 0. The van der Waals surface area contributed by atoms with Gasteiger partial charge in [-0.05, 0) is 39.1 Å². The SMILES string of the molecule is CNCCCc1ncc(-c2cc(C)ccc2F)o1. The minimum absolute atomic E-state index is 0.279. The van der Waals surface area contributed by atoms with Gasteiger partial charge in [-0.15, -0.1) is 0 Å². The van der Waals surface area contributed by atoms with Gasteiger partial charge in [0.15, 0.2) is 11.7 Å². The molecule has 0 aliphatic carbocycles. The van der Waals surface area contributed by atoms with E-state index in [0.717, 1.165) is 24.9 Å². The molecule has 0 fully saturated rings. The van der Waals surface area contributed by atoms with E-state index in [1.807, 2.05) is 14.0 Å². The Bertz CT molecular complexity index is 522. The van der Waals surface area contributed by atoms with Crippen molar-refractivity contribution in [1.82, 2.24) is 10.3 Å². The smallest absolute Gasteiger partial charge is 0.194 e. The van der Waals surface area contributed by atoms with Gasteiger partial charge < -0.3 is 9.73 Å². The molecule has 2 aromatic rings. The molecule has 3 nitrogen and oxygen atoms in total. The maximum absolute atomic E-state index is 13.7. The van der Waals surface area contributed by atoms with E-state index in [2.05, 4.69) is 10.3 Å². The second-order valence-electron chi connectivity index (χ2n) is 4.31. The number of nitrogens with one attached hydrogen (secondary N) is 1. The molecule has 18 heavy (non-hydrogen) atoms. The monoisotopic (exact) mass is 248 g/mol. The minimum atomic E-state index is -0.279. The van der Waals surface area contributed by atoms with E-state index in [0.29, 0.717) is 17.2 Å². The summed E-state index contributed by atoms with van der Waals surface area (Å²) in [7, 11) is 1.91. The van der Waals surface area contributed by atoms with Crippen LogP contribution in [0.25, 0.3) is 11.3 Å². The third kappa shape index (κ3) is 2.96. The first kappa shape index (κ1) is 12.8. The third-order valence-electron chi connectivity index (χ3n) is 2.76. The quantitative estimate of drug-likeness (QED) is 0.827. The van der Waals surface area contributed by atoms with Crippen LogP contribution in [0.3, 0.4) is 0 Å². The Morgan fingerprint density at radius 1 is 1.39 bits per heavy atom. The van der Waals surface area contributed by atoms with Crippen LogP contribution in [-0.4, -0.2) is 18.6 Å². The average molecular weight is 248 g/mol. The molecule has 0 saturated carbocycles. The number of benzene rings is 1. The standard InChI is InChI=1S/C14H17FN2O/c1-10-5-6-12(15)11(8-10)13-9-17-14(18-13)4-3-7-16-2/h5-6,8-9,16H,3-4,7H2,1-2H3. The normalized spacial score (nSPS) is 10.8. The van der Waals surface area contributed by atoms with Crippen LogP contribution in [0.1, 0.15) is 17.9 Å². The molecule has 4 heteroatoms. The van der Waals surface area contributed by atoms with Crippen molar-refractivity contribution in [3.8, 4) is 11.3 Å². The molecular formula is C14H17FN2O. The first-order valence-corrected chi connectivity index (χ1v) is 6.06. The van der Waals surface area contributed by atoms with E-state index in [-0.39, 0.29) is 5.82 Å². The number of hydrogen-bond donors (Lipinski definition) is 1. The lowest BCUT2D eigenvalue weighted by molar-refractivity contribution is 0.492. The Kier molecular flexibility index (Phi) is 4.10. The van der Waals surface area contributed by atoms with Gasteiger partial charge in [-0.2, -0.15) is 0 Å². The molecule has 2 rings (SSSR count). The van der Waals surface area contributed by atoms with Crippen molar-refractivity contribution >= 4 is 0 Å². The summed E-state index contributed by atoms with van der Waals surface area (Å²) in [6.45, 7) is 2.84. The highest BCUT2D eigenvalue weighted by atomic mass is 19.1. The summed E-state index contributed by atoms with van der Waals surface area (Å²) in [5.74, 6) is 0.871. The van der Waals surface area contributed by atoms with Crippen LogP contribution in [0, 0.1) is 12.7 Å². The summed E-state index contributed by atoms with van der Waals surface area (Å²) in [4.78, 5) is 4.17. The number of aromatic nitrogens is 1. The maximum Gasteiger partial charge on any atom is 0.194 e. The van der Waals surface area contributed by atoms with Gasteiger partial charge >= 0.3 is 0 Å². The van der Waals surface area contributed by atoms with Crippen LogP contribution in [0.5, 0.6) is 0 Å². The number of oxazole rings is 1. The molecule has 0 unspecified atom stereocenters. The van der Waals surface area contributed by atoms with Gasteiger partial charge in [0.25, 0.3) is 0 Å². The van der Waals surface area contributed by atoms with Gasteiger partial charge in [-0.1, -0.05) is 11.6 Å². The van der Waals surface area contributed by atoms with Crippen molar-refractivity contribution < 1.29 is 8.81 Å². The largest absolute Gasteiger partial charge is 0.441 e. The molecule has 0 amide bonds. The molecule has 0 spiro atoms. The molecule has 1 aromatic carbocycles. The second-order valence-corrected chi connectivity index (χ2v) is 4.31. The Hall–Kier alpha value is -1.68. The number of hydrogen-bond acceptors (Lipinski definition) is 3. The maximum atomic E-state index is 13.7. The van der Waals surface area contributed by atoms with Crippen LogP contribution in [0.2, 0.25) is 0 Å². The molecule has 0 saturated heterocycles. The first-order chi connectivity index (χ1) is 8.70. The highest BCUT2D eigenvalue weighted by molar-refractivity contribution is 5.58. The predicted molar refractivity (Wildman–Crippen MR) is 68.9 cm³/mol. The van der Waals surface area contributed by atoms with Crippen molar-refractivity contribution in [3.05, 3.63) is 41.7 Å². The van der Waals surface area contributed by atoms with E-state index < -0.39 is 0 Å². The van der Waals surface area contributed by atoms with Crippen LogP contribution < -0.4 is 5.32 Å². The number of nitrogens with zero attached hydrogens (tertiary/aromatic N) is 1. The zero-order valence-electron chi connectivity index (χ0n) is 10.7. The Morgan fingerprint density at radius 3 is 3.00 bits per heavy atom. The lowest BCUT2D eigenvalue weighted by Gasteiger charge is -2.00. The van der Waals surface area contributed by atoms with Crippen molar-refractivity contribution in [2.24, 2.45) is 0 Å². The Labute approximate surface area is 106 Å². The highest BCUT2D eigenvalue weighted by Crippen LogP contribution is 2.24. The van der Waals surface area contributed by atoms with E-state index in [1.54, 1.807) is 18.3 Å². The van der Waals surface area contributed by atoms with Crippen LogP contribution in [-0.2, 0) is 6.42 Å². The summed E-state index contributed by atoms with van der Waals surface area (Å²) in [5, 5.41) is 3.06. The van der Waals surface area contributed by atoms with Gasteiger partial charge in [0, 0.05) is 6.42 Å². The third-order valence-corrected chi connectivity index (χ3v) is 2.76. The highest BCUT2D eigenvalue weighted by Gasteiger charge is 2.10. The molecular weight excluding hydrogens is 231 g/mol. The zero-order valence-corrected chi connectivity index (χ0v) is 10.7. The topological polar surface area (TPSA) is 38.1 Å². The molecule has 0 aliphatic heterocycles. The molecule has 1 aromatic heterocycles. The molecule has 96 valence electrons. The summed E-state index contributed by atoms with van der Waals surface area (Å²) in [5.41, 5.74) is 1.47. The summed E-state index contributed by atoms with van der Waals surface area (Å²) < 4.78 is 19.2. The fourth-order valence-electron chi connectivity index (χ4n) is 1.79. The predicted octanol–water partition coefficient (Wildman–Crippen LogP) is 2.94. The van der Waals surface area contributed by atoms with Crippen molar-refractivity contribution in [2.75, 3.05) is 13.6 Å². The van der Waals surface area contributed by atoms with Crippen LogP contribution >= 0.6 is 0 Å². The van der Waals surface area contributed by atoms with E-state index in [1.165, 1.54) is 6.07 Å². The molecule has 0 aliphatic rings. The zero-order chi connectivity index (χ0) is 13.0. The van der Waals surface area contributed by atoms with Crippen LogP contribution in [0.4, 0.5) is 4.39 Å². The van der Waals surface area contributed by atoms with Gasteiger partial charge in [0.05, 0.1) is 11.8 Å². The fourth-order valence-corrected chi connectivity index (χ4v) is 1.79. The van der Waals surface area contributed by atoms with Gasteiger partial charge in [0.2, 0.25) is 0 Å². The lowest BCUT2D eigenvalue weighted by atomic mass is 10.1. The summed E-state index contributed by atoms with van der Waals surface area (Å²) in [6.07, 6.45) is 3.30. The molecule has 1 N–H and O–H groups in total. The Morgan fingerprint density at radius 2 is 2.22 bits per heavy atom.